The average Bonchev–Trinajstić information content (AvgIpc) is 3.13. The Bertz CT molecular complexity index is 1050. The molecule has 0 aliphatic heterocycles. The van der Waals surface area contributed by atoms with E-state index in [0.29, 0.717) is 0 Å². The van der Waals surface area contributed by atoms with Crippen LogP contribution in [0.2, 0.25) is 18.1 Å². The number of methoxy groups -OCH3 is 1. The first-order chi connectivity index (χ1) is 15.0. The van der Waals surface area contributed by atoms with Crippen LogP contribution in [0.25, 0.3) is 11.8 Å². The summed E-state index contributed by atoms with van der Waals surface area (Å²) in [5.74, 6) is -0.236. The van der Waals surface area contributed by atoms with Gasteiger partial charge in [0.15, 0.2) is 8.32 Å². The second-order valence-corrected chi connectivity index (χ2v) is 15.6. The van der Waals surface area contributed by atoms with E-state index in [1.165, 1.54) is 28.8 Å². The molecule has 1 atom stereocenters. The Morgan fingerprint density at radius 3 is 2.53 bits per heavy atom. The lowest BCUT2D eigenvalue weighted by molar-refractivity contribution is 0.148. The molecule has 172 valence electrons. The summed E-state index contributed by atoms with van der Waals surface area (Å²) in [4.78, 5) is 0. The highest BCUT2D eigenvalue weighted by atomic mass is 28.4. The molecule has 6 heteroatoms. The van der Waals surface area contributed by atoms with Crippen molar-refractivity contribution >= 4 is 14.4 Å². The van der Waals surface area contributed by atoms with Crippen molar-refractivity contribution in [2.45, 2.75) is 64.6 Å². The minimum Gasteiger partial charge on any atom is -0.504 e. The lowest BCUT2D eigenvalue weighted by Gasteiger charge is -2.46. The number of nitrogens with zero attached hydrogens (tertiary/aromatic N) is 2. The molecule has 1 heterocycles. The fourth-order valence-electron chi connectivity index (χ4n) is 4.59. The van der Waals surface area contributed by atoms with Crippen molar-refractivity contribution in [3.63, 3.8) is 0 Å². The van der Waals surface area contributed by atoms with Gasteiger partial charge >= 0.3 is 0 Å². The summed E-state index contributed by atoms with van der Waals surface area (Å²) in [7, 11) is -0.165. The van der Waals surface area contributed by atoms with Crippen LogP contribution < -0.4 is 0 Å². The number of benzene rings is 1. The van der Waals surface area contributed by atoms with Crippen LogP contribution >= 0.6 is 0 Å². The van der Waals surface area contributed by atoms with Crippen LogP contribution in [-0.2, 0) is 15.6 Å². The summed E-state index contributed by atoms with van der Waals surface area (Å²) in [6.07, 6.45) is 10.0. The first-order valence-electron chi connectivity index (χ1n) is 11.4. The molecular weight excluding hydrogens is 419 g/mol. The molecule has 0 unspecified atom stereocenters. The van der Waals surface area contributed by atoms with Crippen molar-refractivity contribution in [1.82, 2.24) is 9.78 Å². The van der Waals surface area contributed by atoms with Crippen LogP contribution in [0.3, 0.4) is 0 Å². The van der Waals surface area contributed by atoms with Crippen molar-refractivity contribution < 1.29 is 13.6 Å². The normalized spacial score (nSPS) is 22.3. The van der Waals surface area contributed by atoms with Crippen molar-refractivity contribution in [2.75, 3.05) is 13.7 Å². The van der Waals surface area contributed by atoms with Gasteiger partial charge in [-0.15, -0.1) is 0 Å². The molecule has 2 aliphatic carbocycles. The third-order valence-electron chi connectivity index (χ3n) is 7.56. The van der Waals surface area contributed by atoms with Gasteiger partial charge in [0.25, 0.3) is 0 Å². The molecule has 2 aliphatic rings. The summed E-state index contributed by atoms with van der Waals surface area (Å²) in [5, 5.41) is 4.84. The van der Waals surface area contributed by atoms with Crippen LogP contribution in [0.5, 0.6) is 0 Å². The van der Waals surface area contributed by atoms with Gasteiger partial charge in [0.1, 0.15) is 5.82 Å². The molecule has 1 fully saturated rings. The van der Waals surface area contributed by atoms with Gasteiger partial charge in [-0.3, -0.25) is 0 Å². The highest BCUT2D eigenvalue weighted by molar-refractivity contribution is 6.74. The van der Waals surface area contributed by atoms with Gasteiger partial charge in [-0.1, -0.05) is 26.3 Å². The molecule has 0 amide bonds. The predicted molar refractivity (Wildman–Crippen MR) is 130 cm³/mol. The van der Waals surface area contributed by atoms with E-state index < -0.39 is 8.32 Å². The zero-order valence-electron chi connectivity index (χ0n) is 20.2. The van der Waals surface area contributed by atoms with Gasteiger partial charge in [0, 0.05) is 12.0 Å². The minimum absolute atomic E-state index is 0.0677. The van der Waals surface area contributed by atoms with E-state index in [9.17, 15) is 4.39 Å². The van der Waals surface area contributed by atoms with Crippen LogP contribution in [0.4, 0.5) is 4.39 Å². The summed E-state index contributed by atoms with van der Waals surface area (Å²) in [6.45, 7) is 12.2. The number of rotatable bonds is 5. The van der Waals surface area contributed by atoms with Crippen LogP contribution in [-0.4, -0.2) is 31.8 Å². The number of ether oxygens (including phenoxy) is 1. The van der Waals surface area contributed by atoms with E-state index in [0.717, 1.165) is 43.7 Å². The largest absolute Gasteiger partial charge is 0.504 e. The molecule has 1 aromatic carbocycles. The topological polar surface area (TPSA) is 36.3 Å². The smallest absolute Gasteiger partial charge is 0.192 e. The van der Waals surface area contributed by atoms with Crippen molar-refractivity contribution in [3.05, 3.63) is 64.9 Å². The first-order valence-corrected chi connectivity index (χ1v) is 14.3. The second kappa shape index (κ2) is 8.30. The third kappa shape index (κ3) is 4.22. The Balaban J connectivity index is 1.71. The standard InChI is InChI=1S/C26H35FN2O2Si/c1-25(2,3)32(5,6)31-18-26-14-19(17-30-4)7-8-21(26)13-24-20(15-26)16-28-29(24)23-11-9-22(27)10-12-23/h9-13,16-17H,7-8,14-15,18H2,1-6H3/b19-17+/t26-/m0/s1. The van der Waals surface area contributed by atoms with Gasteiger partial charge in [-0.05, 0) is 85.3 Å². The molecule has 0 bridgehead atoms. The van der Waals surface area contributed by atoms with Crippen molar-refractivity contribution in [1.29, 1.82) is 0 Å². The lowest BCUT2D eigenvalue weighted by Crippen LogP contribution is -2.46. The van der Waals surface area contributed by atoms with Crippen LogP contribution in [0.1, 0.15) is 51.3 Å². The second-order valence-electron chi connectivity index (χ2n) is 10.8. The number of hydrogen-bond donors (Lipinski definition) is 0. The van der Waals surface area contributed by atoms with E-state index >= 15 is 0 Å². The maximum atomic E-state index is 13.4. The average molecular weight is 455 g/mol. The monoisotopic (exact) mass is 454 g/mol. The summed E-state index contributed by atoms with van der Waals surface area (Å²) in [6, 6.07) is 6.53. The highest BCUT2D eigenvalue weighted by Crippen LogP contribution is 2.51. The van der Waals surface area contributed by atoms with E-state index in [2.05, 4.69) is 45.0 Å². The van der Waals surface area contributed by atoms with E-state index in [-0.39, 0.29) is 16.3 Å². The van der Waals surface area contributed by atoms with Crippen molar-refractivity contribution in [3.8, 4) is 5.69 Å². The number of hydrogen-bond acceptors (Lipinski definition) is 3. The Morgan fingerprint density at radius 2 is 1.88 bits per heavy atom. The summed E-state index contributed by atoms with van der Waals surface area (Å²) < 4.78 is 27.6. The van der Waals surface area contributed by atoms with E-state index in [1.807, 2.05) is 17.1 Å². The molecule has 0 N–H and O–H groups in total. The van der Waals surface area contributed by atoms with E-state index in [4.69, 9.17) is 9.16 Å². The quantitative estimate of drug-likeness (QED) is 0.374. The molecular formula is C26H35FN2O2Si. The van der Waals surface area contributed by atoms with Gasteiger partial charge in [-0.25, -0.2) is 9.07 Å². The number of allylic oxidation sites excluding steroid dienone is 1. The molecule has 2 aromatic rings. The van der Waals surface area contributed by atoms with Crippen LogP contribution in [0.15, 0.2) is 47.9 Å². The highest BCUT2D eigenvalue weighted by Gasteiger charge is 2.45. The summed E-state index contributed by atoms with van der Waals surface area (Å²) in [5.41, 5.74) is 5.91. The fraction of sp³-hybridized carbons (Fsp3) is 0.500. The molecule has 0 spiro atoms. The summed E-state index contributed by atoms with van der Waals surface area (Å²) >= 11 is 0. The first kappa shape index (κ1) is 23.0. The minimum atomic E-state index is -1.89. The van der Waals surface area contributed by atoms with Crippen molar-refractivity contribution in [2.24, 2.45) is 5.41 Å². The molecule has 0 saturated heterocycles. The SMILES string of the molecule is CO/C=C1\CCC2=Cc3c(cnn3-c3ccc(F)cc3)C[C@]2(CO[Si](C)(C)C(C)(C)C)C1. The molecule has 4 nitrogen and oxygen atoms in total. The molecule has 4 rings (SSSR count). The fourth-order valence-corrected chi connectivity index (χ4v) is 5.66. The van der Waals surface area contributed by atoms with Gasteiger partial charge in [-0.2, -0.15) is 5.10 Å². The Hall–Kier alpha value is -2.18. The molecule has 1 aromatic heterocycles. The molecule has 32 heavy (non-hydrogen) atoms. The maximum Gasteiger partial charge on any atom is 0.192 e. The van der Waals surface area contributed by atoms with Gasteiger partial charge < -0.3 is 9.16 Å². The van der Waals surface area contributed by atoms with Gasteiger partial charge in [0.05, 0.1) is 31.0 Å². The number of fused-ring (bicyclic) bond motifs is 2. The lowest BCUT2D eigenvalue weighted by atomic mass is 9.63. The predicted octanol–water partition coefficient (Wildman–Crippen LogP) is 6.67. The van der Waals surface area contributed by atoms with Gasteiger partial charge in [0.2, 0.25) is 0 Å². The van der Waals surface area contributed by atoms with Crippen LogP contribution in [0, 0.1) is 11.2 Å². The maximum absolute atomic E-state index is 13.4. The third-order valence-corrected chi connectivity index (χ3v) is 12.0. The molecule has 1 saturated carbocycles. The number of halogens is 1. The Kier molecular flexibility index (Phi) is 5.97. The Labute approximate surface area is 192 Å². The van der Waals surface area contributed by atoms with E-state index in [1.54, 1.807) is 19.2 Å². The Morgan fingerprint density at radius 1 is 1.16 bits per heavy atom. The zero-order valence-corrected chi connectivity index (χ0v) is 21.2. The molecule has 0 radical (unpaired) electrons. The zero-order chi connectivity index (χ0) is 23.1. The number of aromatic nitrogens is 2.